The van der Waals surface area contributed by atoms with Crippen LogP contribution in [0.5, 0.6) is 0 Å². The number of ether oxygens (including phenoxy) is 1. The predicted octanol–water partition coefficient (Wildman–Crippen LogP) is 1.89. The number of esters is 1. The van der Waals surface area contributed by atoms with E-state index in [9.17, 15) is 15.0 Å². The Balaban J connectivity index is 2.16. The molecule has 5 nitrogen and oxygen atoms in total. The van der Waals surface area contributed by atoms with Gasteiger partial charge in [0.1, 0.15) is 0 Å². The van der Waals surface area contributed by atoms with Crippen LogP contribution < -0.4 is 0 Å². The van der Waals surface area contributed by atoms with E-state index in [1.54, 1.807) is 0 Å². The Labute approximate surface area is 148 Å². The largest absolute Gasteiger partial charge is 0.463 e. The van der Waals surface area contributed by atoms with Crippen molar-refractivity contribution in [3.8, 4) is 0 Å². The second kappa shape index (κ2) is 9.80. The predicted molar refractivity (Wildman–Crippen MR) is 94.7 cm³/mol. The van der Waals surface area contributed by atoms with Crippen LogP contribution in [0.15, 0.2) is 12.2 Å². The fraction of sp³-hybridized carbons (Fsp3) is 0.833. The van der Waals surface area contributed by atoms with Crippen molar-refractivity contribution in [3.05, 3.63) is 12.2 Å². The number of thioether (sulfide) groups is 1. The van der Waals surface area contributed by atoms with Gasteiger partial charge in [-0.2, -0.15) is 11.8 Å². The first-order valence-corrected chi connectivity index (χ1v) is 10.0. The number of hydrogen-bond donors (Lipinski definition) is 3. The van der Waals surface area contributed by atoms with Gasteiger partial charge in [0.25, 0.3) is 0 Å². The standard InChI is InChI=1S/C18H30O5S/c1-12-5-3-2-4-6-13-9-14(20)10-15(13)18(22)16(24-8-7-19)11-17(21)23-12/h4,6,12-16,18-20,22H,2-3,5,7-11H2,1H3/b6-4+/t12-,13+,14-,15+,16+,18+/m0/s1. The average Bonchev–Trinajstić information content (AvgIpc) is 2.90. The lowest BCUT2D eigenvalue weighted by atomic mass is 9.87. The van der Waals surface area contributed by atoms with E-state index in [1.807, 2.05) is 6.92 Å². The van der Waals surface area contributed by atoms with Crippen LogP contribution in [0.2, 0.25) is 0 Å². The van der Waals surface area contributed by atoms with Crippen molar-refractivity contribution >= 4 is 17.7 Å². The number of carbonyl (C=O) groups is 1. The molecule has 24 heavy (non-hydrogen) atoms. The van der Waals surface area contributed by atoms with Gasteiger partial charge < -0.3 is 20.1 Å². The Morgan fingerprint density at radius 1 is 1.33 bits per heavy atom. The van der Waals surface area contributed by atoms with Crippen LogP contribution in [0, 0.1) is 11.8 Å². The lowest BCUT2D eigenvalue weighted by Gasteiger charge is -2.29. The summed E-state index contributed by atoms with van der Waals surface area (Å²) in [6.07, 6.45) is 7.09. The number of aliphatic hydroxyl groups is 3. The van der Waals surface area contributed by atoms with Gasteiger partial charge in [-0.1, -0.05) is 12.2 Å². The third kappa shape index (κ3) is 5.76. The van der Waals surface area contributed by atoms with Gasteiger partial charge in [-0.15, -0.1) is 0 Å². The molecule has 0 saturated heterocycles. The number of carbonyl (C=O) groups excluding carboxylic acids is 1. The molecule has 0 radical (unpaired) electrons. The summed E-state index contributed by atoms with van der Waals surface area (Å²) in [5, 5.41) is 29.7. The Morgan fingerprint density at radius 2 is 2.12 bits per heavy atom. The maximum Gasteiger partial charge on any atom is 0.307 e. The fourth-order valence-corrected chi connectivity index (χ4v) is 4.80. The monoisotopic (exact) mass is 358 g/mol. The first-order chi connectivity index (χ1) is 11.5. The number of rotatable bonds is 3. The zero-order valence-electron chi connectivity index (χ0n) is 14.3. The Morgan fingerprint density at radius 3 is 2.88 bits per heavy atom. The van der Waals surface area contributed by atoms with Crippen LogP contribution in [-0.2, 0) is 9.53 Å². The summed E-state index contributed by atoms with van der Waals surface area (Å²) in [5.41, 5.74) is 0. The highest BCUT2D eigenvalue weighted by atomic mass is 32.2. The second-order valence-corrected chi connectivity index (χ2v) is 8.29. The van der Waals surface area contributed by atoms with Crippen LogP contribution in [0.1, 0.15) is 45.4 Å². The maximum absolute atomic E-state index is 12.2. The summed E-state index contributed by atoms with van der Waals surface area (Å²) in [5.74, 6) is 0.263. The van der Waals surface area contributed by atoms with Crippen molar-refractivity contribution in [2.75, 3.05) is 12.4 Å². The minimum absolute atomic E-state index is 0.00988. The summed E-state index contributed by atoms with van der Waals surface area (Å²) >= 11 is 1.41. The molecule has 138 valence electrons. The summed E-state index contributed by atoms with van der Waals surface area (Å²) in [4.78, 5) is 12.2. The lowest BCUT2D eigenvalue weighted by molar-refractivity contribution is -0.149. The molecular weight excluding hydrogens is 328 g/mol. The number of cyclic esters (lactones) is 1. The molecule has 3 N–H and O–H groups in total. The molecule has 2 aliphatic rings. The minimum Gasteiger partial charge on any atom is -0.463 e. The third-order valence-electron chi connectivity index (χ3n) is 4.95. The van der Waals surface area contributed by atoms with E-state index in [4.69, 9.17) is 9.84 Å². The fourth-order valence-electron chi connectivity index (χ4n) is 3.74. The Hall–Kier alpha value is -0.560. The van der Waals surface area contributed by atoms with Crippen molar-refractivity contribution in [1.82, 2.24) is 0 Å². The molecule has 0 aromatic carbocycles. The van der Waals surface area contributed by atoms with Crippen LogP contribution in [0.4, 0.5) is 0 Å². The molecule has 1 fully saturated rings. The van der Waals surface area contributed by atoms with Gasteiger partial charge in [0.05, 0.1) is 31.3 Å². The Bertz CT molecular complexity index is 428. The highest BCUT2D eigenvalue weighted by Crippen LogP contribution is 2.39. The molecule has 0 amide bonds. The van der Waals surface area contributed by atoms with Gasteiger partial charge in [0.15, 0.2) is 0 Å². The van der Waals surface area contributed by atoms with Crippen molar-refractivity contribution < 1.29 is 24.9 Å². The first kappa shape index (κ1) is 19.8. The summed E-state index contributed by atoms with van der Waals surface area (Å²) in [6.45, 7) is 1.91. The minimum atomic E-state index is -0.697. The number of allylic oxidation sites excluding steroid dienone is 2. The van der Waals surface area contributed by atoms with E-state index in [-0.39, 0.29) is 42.2 Å². The zero-order valence-corrected chi connectivity index (χ0v) is 15.2. The number of fused-ring (bicyclic) bond motifs is 1. The van der Waals surface area contributed by atoms with Crippen molar-refractivity contribution in [3.63, 3.8) is 0 Å². The van der Waals surface area contributed by atoms with Crippen molar-refractivity contribution in [2.24, 2.45) is 11.8 Å². The normalized spacial score (nSPS) is 39.9. The summed E-state index contributed by atoms with van der Waals surface area (Å²) in [7, 11) is 0. The van der Waals surface area contributed by atoms with Gasteiger partial charge in [0.2, 0.25) is 0 Å². The summed E-state index contributed by atoms with van der Waals surface area (Å²) < 4.78 is 5.46. The van der Waals surface area contributed by atoms with Crippen LogP contribution >= 0.6 is 11.8 Å². The highest BCUT2D eigenvalue weighted by Gasteiger charge is 2.40. The molecule has 1 saturated carbocycles. The molecule has 1 aliphatic carbocycles. The van der Waals surface area contributed by atoms with E-state index in [0.29, 0.717) is 18.6 Å². The van der Waals surface area contributed by atoms with E-state index >= 15 is 0 Å². The average molecular weight is 359 g/mol. The Kier molecular flexibility index (Phi) is 8.07. The van der Waals surface area contributed by atoms with Crippen LogP contribution in [0.25, 0.3) is 0 Å². The van der Waals surface area contributed by atoms with E-state index in [0.717, 1.165) is 19.3 Å². The van der Waals surface area contributed by atoms with Gasteiger partial charge in [0, 0.05) is 11.0 Å². The van der Waals surface area contributed by atoms with E-state index in [2.05, 4.69) is 12.2 Å². The topological polar surface area (TPSA) is 87.0 Å². The molecule has 0 spiro atoms. The van der Waals surface area contributed by atoms with E-state index in [1.165, 1.54) is 11.8 Å². The van der Waals surface area contributed by atoms with E-state index < -0.39 is 12.2 Å². The molecule has 0 aromatic heterocycles. The molecule has 1 heterocycles. The molecule has 6 atom stereocenters. The van der Waals surface area contributed by atoms with Gasteiger partial charge >= 0.3 is 5.97 Å². The summed E-state index contributed by atoms with van der Waals surface area (Å²) in [6, 6.07) is 0. The van der Waals surface area contributed by atoms with Crippen molar-refractivity contribution in [2.45, 2.75) is 69.0 Å². The molecule has 6 heteroatoms. The molecule has 1 aliphatic heterocycles. The van der Waals surface area contributed by atoms with Gasteiger partial charge in [-0.25, -0.2) is 0 Å². The molecule has 0 unspecified atom stereocenters. The van der Waals surface area contributed by atoms with Gasteiger partial charge in [-0.3, -0.25) is 4.79 Å². The first-order valence-electron chi connectivity index (χ1n) is 8.96. The molecular formula is C18H30O5S. The SMILES string of the molecule is C[C@H]1CCC/C=C/[C@@H]2C[C@H](O)C[C@H]2[C@@H](O)[C@H](SCCO)CC(=O)O1. The number of aliphatic hydroxyl groups excluding tert-OH is 3. The van der Waals surface area contributed by atoms with Crippen LogP contribution in [-0.4, -0.2) is 57.2 Å². The third-order valence-corrected chi connectivity index (χ3v) is 6.24. The maximum atomic E-state index is 12.2. The molecule has 0 aromatic rings. The quantitative estimate of drug-likeness (QED) is 0.528. The molecule has 2 rings (SSSR count). The number of hydrogen-bond acceptors (Lipinski definition) is 6. The second-order valence-electron chi connectivity index (χ2n) is 6.94. The van der Waals surface area contributed by atoms with Crippen molar-refractivity contribution in [1.29, 1.82) is 0 Å². The highest BCUT2D eigenvalue weighted by molar-refractivity contribution is 8.00. The lowest BCUT2D eigenvalue weighted by Crippen LogP contribution is -2.36. The molecule has 0 bridgehead atoms. The van der Waals surface area contributed by atoms with Crippen LogP contribution in [0.3, 0.4) is 0 Å². The zero-order chi connectivity index (χ0) is 17.5. The smallest absolute Gasteiger partial charge is 0.307 e. The van der Waals surface area contributed by atoms with Gasteiger partial charge in [-0.05, 0) is 50.9 Å².